The van der Waals surface area contributed by atoms with Gasteiger partial charge in [0.1, 0.15) is 0 Å². The number of thiazole rings is 1. The van der Waals surface area contributed by atoms with E-state index in [1.54, 1.807) is 12.1 Å². The molecule has 35 heavy (non-hydrogen) atoms. The van der Waals surface area contributed by atoms with Crippen molar-refractivity contribution in [2.24, 2.45) is 5.73 Å². The minimum atomic E-state index is -2.58. The smallest absolute Gasteiger partial charge is 0.264 e. The number of hydrogen-bond acceptors (Lipinski definition) is 5. The van der Waals surface area contributed by atoms with E-state index >= 15 is 0 Å². The second kappa shape index (κ2) is 10.5. The largest absolute Gasteiger partial charge is 0.326 e. The summed E-state index contributed by atoms with van der Waals surface area (Å²) in [6.45, 7) is 3.55. The predicted molar refractivity (Wildman–Crippen MR) is 137 cm³/mol. The number of likely N-dealkylation sites (tertiary alicyclic amines) is 1. The maximum atomic E-state index is 13.4. The first-order chi connectivity index (χ1) is 17.0. The molecule has 2 aromatic heterocycles. The molecule has 184 valence electrons. The number of ketones is 1. The molecule has 2 aromatic carbocycles. The monoisotopic (exact) mass is 496 g/mol. The van der Waals surface area contributed by atoms with Gasteiger partial charge in [-0.3, -0.25) is 9.20 Å². The number of unbranched alkanes of at least 4 members (excludes halogenated alkanes) is 1. The summed E-state index contributed by atoms with van der Waals surface area (Å²) in [6, 6.07) is 10.7. The van der Waals surface area contributed by atoms with Gasteiger partial charge >= 0.3 is 0 Å². The summed E-state index contributed by atoms with van der Waals surface area (Å²) in [5, 5.41) is 0. The average molecular weight is 497 g/mol. The number of hydrogen-bond donors (Lipinski definition) is 1. The lowest BCUT2D eigenvalue weighted by atomic mass is 10.0. The van der Waals surface area contributed by atoms with E-state index in [-0.39, 0.29) is 17.9 Å². The van der Waals surface area contributed by atoms with Crippen molar-refractivity contribution in [2.45, 2.75) is 51.5 Å². The maximum Gasteiger partial charge on any atom is 0.264 e. The highest BCUT2D eigenvalue weighted by Gasteiger charge is 2.17. The molecule has 0 spiro atoms. The van der Waals surface area contributed by atoms with Gasteiger partial charge in [0.25, 0.3) is 6.43 Å². The highest BCUT2D eigenvalue weighted by Crippen LogP contribution is 2.33. The van der Waals surface area contributed by atoms with Crippen LogP contribution in [0.5, 0.6) is 0 Å². The third-order valence-electron chi connectivity index (χ3n) is 6.89. The fourth-order valence-electron chi connectivity index (χ4n) is 4.91. The molecule has 5 rings (SSSR count). The first-order valence-corrected chi connectivity index (χ1v) is 13.1. The molecule has 2 N–H and O–H groups in total. The van der Waals surface area contributed by atoms with E-state index in [0.717, 1.165) is 40.1 Å². The second-order valence-corrected chi connectivity index (χ2v) is 10.3. The van der Waals surface area contributed by atoms with Crippen molar-refractivity contribution in [3.05, 3.63) is 59.3 Å². The molecule has 0 amide bonds. The standard InChI is InChI=1S/C27H30F2N4OS/c28-26(29)21-14-18(7-8-20(21)16-30)22-17-33-23-10-9-19(15-25(23)35-27(33)31-22)24(34)6-2-5-13-32-11-3-1-4-12-32/h7-10,14-15,17,26H,1-6,11-13,16,30H2. The van der Waals surface area contributed by atoms with E-state index in [1.165, 1.54) is 49.8 Å². The Labute approximate surface area is 207 Å². The number of aromatic nitrogens is 2. The molecule has 1 aliphatic rings. The van der Waals surface area contributed by atoms with Gasteiger partial charge in [0.2, 0.25) is 0 Å². The zero-order valence-electron chi connectivity index (χ0n) is 19.7. The van der Waals surface area contributed by atoms with Crippen molar-refractivity contribution >= 4 is 32.3 Å². The Bertz CT molecular complexity index is 1340. The second-order valence-electron chi connectivity index (χ2n) is 9.26. The van der Waals surface area contributed by atoms with Crippen molar-refractivity contribution in [1.82, 2.24) is 14.3 Å². The molecule has 1 fully saturated rings. The Balaban J connectivity index is 1.29. The van der Waals surface area contributed by atoms with Crippen molar-refractivity contribution < 1.29 is 13.6 Å². The van der Waals surface area contributed by atoms with Gasteiger partial charge in [-0.05, 0) is 75.1 Å². The lowest BCUT2D eigenvalue weighted by Crippen LogP contribution is -2.30. The average Bonchev–Trinajstić information content (AvgIpc) is 3.44. The summed E-state index contributed by atoms with van der Waals surface area (Å²) in [7, 11) is 0. The number of benzene rings is 2. The van der Waals surface area contributed by atoms with E-state index < -0.39 is 6.43 Å². The summed E-state index contributed by atoms with van der Waals surface area (Å²) in [4.78, 5) is 20.7. The molecular formula is C27H30F2N4OS. The molecule has 0 atom stereocenters. The van der Waals surface area contributed by atoms with Crippen molar-refractivity contribution in [1.29, 1.82) is 0 Å². The number of rotatable bonds is 9. The highest BCUT2D eigenvalue weighted by molar-refractivity contribution is 7.23. The molecule has 4 aromatic rings. The fourth-order valence-corrected chi connectivity index (χ4v) is 5.95. The molecule has 0 saturated carbocycles. The van der Waals surface area contributed by atoms with Crippen LogP contribution in [0.25, 0.3) is 26.4 Å². The number of imidazole rings is 1. The molecule has 3 heterocycles. The van der Waals surface area contributed by atoms with Crippen LogP contribution in [0.1, 0.15) is 66.4 Å². The van der Waals surface area contributed by atoms with Gasteiger partial charge < -0.3 is 10.6 Å². The first kappa shape index (κ1) is 24.0. The molecule has 1 aliphatic heterocycles. The van der Waals surface area contributed by atoms with E-state index in [1.807, 2.05) is 28.8 Å². The van der Waals surface area contributed by atoms with Crippen molar-refractivity contribution in [3.63, 3.8) is 0 Å². The van der Waals surface area contributed by atoms with E-state index in [9.17, 15) is 13.6 Å². The van der Waals surface area contributed by atoms with Crippen LogP contribution < -0.4 is 5.73 Å². The molecule has 1 saturated heterocycles. The highest BCUT2D eigenvalue weighted by atomic mass is 32.1. The molecule has 0 unspecified atom stereocenters. The Hall–Kier alpha value is -2.68. The Kier molecular flexibility index (Phi) is 7.22. The van der Waals surface area contributed by atoms with Gasteiger partial charge in [-0.2, -0.15) is 0 Å². The number of Topliss-reactive ketones (excluding diaryl/α,β-unsaturated/α-hetero) is 1. The molecule has 0 bridgehead atoms. The number of nitrogens with zero attached hydrogens (tertiary/aromatic N) is 3. The first-order valence-electron chi connectivity index (χ1n) is 12.3. The molecule has 0 radical (unpaired) electrons. The summed E-state index contributed by atoms with van der Waals surface area (Å²) in [6.07, 6.45) is 5.74. The lowest BCUT2D eigenvalue weighted by Gasteiger charge is -2.26. The zero-order valence-corrected chi connectivity index (χ0v) is 20.5. The zero-order chi connectivity index (χ0) is 24.4. The van der Waals surface area contributed by atoms with Gasteiger partial charge in [-0.15, -0.1) is 0 Å². The van der Waals surface area contributed by atoms with Gasteiger partial charge in [0.15, 0.2) is 10.7 Å². The van der Waals surface area contributed by atoms with Gasteiger partial charge in [-0.25, -0.2) is 13.8 Å². The molecule has 0 aliphatic carbocycles. The minimum absolute atomic E-state index is 0.0507. The van der Waals surface area contributed by atoms with Gasteiger partial charge in [0.05, 0.1) is 15.9 Å². The van der Waals surface area contributed by atoms with Gasteiger partial charge in [0, 0.05) is 35.9 Å². The number of nitrogens with two attached hydrogens (primary N) is 1. The van der Waals surface area contributed by atoms with Crippen LogP contribution in [-0.4, -0.2) is 39.7 Å². The topological polar surface area (TPSA) is 63.6 Å². The van der Waals surface area contributed by atoms with E-state index in [2.05, 4.69) is 9.88 Å². The van der Waals surface area contributed by atoms with Crippen LogP contribution in [0.4, 0.5) is 8.78 Å². The Morgan fingerprint density at radius 1 is 1.09 bits per heavy atom. The van der Waals surface area contributed by atoms with E-state index in [0.29, 0.717) is 23.2 Å². The Morgan fingerprint density at radius 3 is 2.69 bits per heavy atom. The van der Waals surface area contributed by atoms with Crippen LogP contribution in [-0.2, 0) is 6.54 Å². The summed E-state index contributed by atoms with van der Waals surface area (Å²) < 4.78 is 29.8. The van der Waals surface area contributed by atoms with Gasteiger partial charge in [-0.1, -0.05) is 29.9 Å². The van der Waals surface area contributed by atoms with Crippen molar-refractivity contribution in [3.8, 4) is 11.3 Å². The number of carbonyl (C=O) groups excluding carboxylic acids is 1. The van der Waals surface area contributed by atoms with Crippen LogP contribution in [0.15, 0.2) is 42.6 Å². The number of alkyl halides is 2. The third kappa shape index (κ3) is 5.15. The van der Waals surface area contributed by atoms with Crippen molar-refractivity contribution in [2.75, 3.05) is 19.6 Å². The number of piperidine rings is 1. The van der Waals surface area contributed by atoms with Crippen LogP contribution in [0.3, 0.4) is 0 Å². The molecular weight excluding hydrogens is 466 g/mol. The number of carbonyl (C=O) groups is 1. The van der Waals surface area contributed by atoms with E-state index in [4.69, 9.17) is 5.73 Å². The number of fused-ring (bicyclic) bond motifs is 3. The predicted octanol–water partition coefficient (Wildman–Crippen LogP) is 6.45. The molecule has 8 heteroatoms. The van der Waals surface area contributed by atoms with Crippen LogP contribution in [0.2, 0.25) is 0 Å². The fraction of sp³-hybridized carbons (Fsp3) is 0.407. The lowest BCUT2D eigenvalue weighted by molar-refractivity contribution is 0.0977. The minimum Gasteiger partial charge on any atom is -0.326 e. The summed E-state index contributed by atoms with van der Waals surface area (Å²) in [5.41, 5.74) is 8.96. The normalized spacial score (nSPS) is 15.0. The summed E-state index contributed by atoms with van der Waals surface area (Å²) in [5.74, 6) is 0.178. The third-order valence-corrected chi connectivity index (χ3v) is 7.91. The summed E-state index contributed by atoms with van der Waals surface area (Å²) >= 11 is 1.50. The SMILES string of the molecule is NCc1ccc(-c2cn3c(n2)sc2cc(C(=O)CCCCN4CCCCC4)ccc23)cc1C(F)F. The maximum absolute atomic E-state index is 13.4. The molecule has 5 nitrogen and oxygen atoms in total. The number of halogens is 2. The van der Waals surface area contributed by atoms with Crippen LogP contribution >= 0.6 is 11.3 Å². The Morgan fingerprint density at radius 2 is 1.91 bits per heavy atom. The van der Waals surface area contributed by atoms with Crippen LogP contribution in [0, 0.1) is 0 Å². The quantitative estimate of drug-likeness (QED) is 0.214.